The van der Waals surface area contributed by atoms with Crippen LogP contribution >= 0.6 is 11.6 Å². The van der Waals surface area contributed by atoms with E-state index in [1.165, 1.54) is 0 Å². The SMILES string of the molecule is CNC(=O)c1ccc(Oc2ccc(Cl)cc2C)c(N)c1. The molecule has 3 N–H and O–H groups in total. The maximum absolute atomic E-state index is 11.5. The van der Waals surface area contributed by atoms with E-state index in [2.05, 4.69) is 5.32 Å². The number of amides is 1. The molecular weight excluding hydrogens is 276 g/mol. The maximum atomic E-state index is 11.5. The third-order valence-electron chi connectivity index (χ3n) is 2.86. The van der Waals surface area contributed by atoms with Gasteiger partial charge in [-0.25, -0.2) is 0 Å². The van der Waals surface area contributed by atoms with Crippen molar-refractivity contribution in [2.24, 2.45) is 0 Å². The predicted octanol–water partition coefficient (Wildman–Crippen LogP) is 3.38. The van der Waals surface area contributed by atoms with E-state index in [0.717, 1.165) is 5.56 Å². The largest absolute Gasteiger partial charge is 0.455 e. The fourth-order valence-electron chi connectivity index (χ4n) is 1.77. The molecular formula is C15H15ClN2O2. The minimum absolute atomic E-state index is 0.189. The lowest BCUT2D eigenvalue weighted by Gasteiger charge is -2.12. The van der Waals surface area contributed by atoms with Gasteiger partial charge in [-0.2, -0.15) is 0 Å². The summed E-state index contributed by atoms with van der Waals surface area (Å²) >= 11 is 5.90. The lowest BCUT2D eigenvalue weighted by molar-refractivity contribution is 0.0963. The van der Waals surface area contributed by atoms with E-state index in [0.29, 0.717) is 27.8 Å². The van der Waals surface area contributed by atoms with Crippen LogP contribution in [0, 0.1) is 6.92 Å². The van der Waals surface area contributed by atoms with E-state index in [-0.39, 0.29) is 5.91 Å². The second-order valence-corrected chi connectivity index (χ2v) is 4.78. The highest BCUT2D eigenvalue weighted by atomic mass is 35.5. The molecule has 2 aromatic carbocycles. The number of nitrogens with one attached hydrogen (secondary N) is 1. The van der Waals surface area contributed by atoms with Crippen LogP contribution in [0.3, 0.4) is 0 Å². The molecule has 20 heavy (non-hydrogen) atoms. The Morgan fingerprint density at radius 1 is 1.20 bits per heavy atom. The molecule has 0 aliphatic carbocycles. The highest BCUT2D eigenvalue weighted by molar-refractivity contribution is 6.30. The number of halogens is 1. The zero-order chi connectivity index (χ0) is 14.7. The van der Waals surface area contributed by atoms with Gasteiger partial charge in [0.2, 0.25) is 0 Å². The molecule has 0 saturated heterocycles. The monoisotopic (exact) mass is 290 g/mol. The van der Waals surface area contributed by atoms with E-state index >= 15 is 0 Å². The summed E-state index contributed by atoms with van der Waals surface area (Å²) in [6.45, 7) is 1.90. The average Bonchev–Trinajstić information content (AvgIpc) is 2.42. The minimum atomic E-state index is -0.189. The molecule has 0 fully saturated rings. The van der Waals surface area contributed by atoms with Gasteiger partial charge in [-0.3, -0.25) is 4.79 Å². The summed E-state index contributed by atoms with van der Waals surface area (Å²) in [7, 11) is 1.57. The van der Waals surface area contributed by atoms with Crippen LogP contribution in [0.25, 0.3) is 0 Å². The molecule has 0 aromatic heterocycles. The molecule has 0 spiro atoms. The zero-order valence-corrected chi connectivity index (χ0v) is 12.0. The number of ether oxygens (including phenoxy) is 1. The molecule has 1 amide bonds. The Balaban J connectivity index is 2.28. The topological polar surface area (TPSA) is 64.3 Å². The van der Waals surface area contributed by atoms with Crippen molar-refractivity contribution in [2.45, 2.75) is 6.92 Å². The Morgan fingerprint density at radius 3 is 2.50 bits per heavy atom. The van der Waals surface area contributed by atoms with Crippen molar-refractivity contribution in [3.63, 3.8) is 0 Å². The summed E-state index contributed by atoms with van der Waals surface area (Å²) in [5.41, 5.74) is 7.71. The van der Waals surface area contributed by atoms with Crippen molar-refractivity contribution in [1.29, 1.82) is 0 Å². The standard InChI is InChI=1S/C15H15ClN2O2/c1-9-7-11(16)4-6-13(9)20-14-5-3-10(8-12(14)17)15(19)18-2/h3-8H,17H2,1-2H3,(H,18,19). The van der Waals surface area contributed by atoms with E-state index < -0.39 is 0 Å². The number of benzene rings is 2. The Morgan fingerprint density at radius 2 is 1.90 bits per heavy atom. The molecule has 4 nitrogen and oxygen atoms in total. The number of nitrogen functional groups attached to an aromatic ring is 1. The van der Waals surface area contributed by atoms with Crippen LogP contribution in [0.5, 0.6) is 11.5 Å². The summed E-state index contributed by atoms with van der Waals surface area (Å²) in [6.07, 6.45) is 0. The van der Waals surface area contributed by atoms with Gasteiger partial charge in [0.1, 0.15) is 11.5 Å². The van der Waals surface area contributed by atoms with Crippen molar-refractivity contribution in [1.82, 2.24) is 5.32 Å². The number of aryl methyl sites for hydroxylation is 1. The van der Waals surface area contributed by atoms with Crippen molar-refractivity contribution < 1.29 is 9.53 Å². The summed E-state index contributed by atoms with van der Waals surface area (Å²) in [5, 5.41) is 3.19. The first kappa shape index (κ1) is 14.2. The van der Waals surface area contributed by atoms with Crippen molar-refractivity contribution >= 4 is 23.2 Å². The van der Waals surface area contributed by atoms with Crippen LogP contribution in [0.2, 0.25) is 5.02 Å². The van der Waals surface area contributed by atoms with Gasteiger partial charge in [0.05, 0.1) is 5.69 Å². The van der Waals surface area contributed by atoms with Crippen LogP contribution in [-0.2, 0) is 0 Å². The molecule has 0 bridgehead atoms. The molecule has 0 saturated carbocycles. The van der Waals surface area contributed by atoms with Crippen LogP contribution in [0.1, 0.15) is 15.9 Å². The van der Waals surface area contributed by atoms with Gasteiger partial charge in [0.25, 0.3) is 5.91 Å². The van der Waals surface area contributed by atoms with Crippen molar-refractivity contribution in [3.05, 3.63) is 52.5 Å². The number of hydrogen-bond acceptors (Lipinski definition) is 3. The molecule has 2 rings (SSSR count). The van der Waals surface area contributed by atoms with Gasteiger partial charge < -0.3 is 15.8 Å². The van der Waals surface area contributed by atoms with E-state index in [1.54, 1.807) is 37.4 Å². The number of rotatable bonds is 3. The maximum Gasteiger partial charge on any atom is 0.251 e. The van der Waals surface area contributed by atoms with Gasteiger partial charge >= 0.3 is 0 Å². The molecule has 0 radical (unpaired) electrons. The molecule has 0 heterocycles. The van der Waals surface area contributed by atoms with Crippen LogP contribution in [0.4, 0.5) is 5.69 Å². The fourth-order valence-corrected chi connectivity index (χ4v) is 2.00. The Bertz CT molecular complexity index is 656. The zero-order valence-electron chi connectivity index (χ0n) is 11.2. The number of anilines is 1. The molecule has 104 valence electrons. The summed E-state index contributed by atoms with van der Waals surface area (Å²) in [5.74, 6) is 0.989. The second-order valence-electron chi connectivity index (χ2n) is 4.34. The second kappa shape index (κ2) is 5.84. The van der Waals surface area contributed by atoms with Crippen LogP contribution in [0.15, 0.2) is 36.4 Å². The molecule has 0 aliphatic rings. The van der Waals surface area contributed by atoms with Gasteiger partial charge in [0, 0.05) is 17.6 Å². The lowest BCUT2D eigenvalue weighted by atomic mass is 10.1. The third-order valence-corrected chi connectivity index (χ3v) is 3.09. The van der Waals surface area contributed by atoms with Gasteiger partial charge in [-0.1, -0.05) is 11.6 Å². The number of hydrogen-bond donors (Lipinski definition) is 2. The van der Waals surface area contributed by atoms with Crippen molar-refractivity contribution in [3.8, 4) is 11.5 Å². The molecule has 0 atom stereocenters. The van der Waals surface area contributed by atoms with Gasteiger partial charge in [0.15, 0.2) is 0 Å². The lowest BCUT2D eigenvalue weighted by Crippen LogP contribution is -2.17. The third kappa shape index (κ3) is 3.03. The highest BCUT2D eigenvalue weighted by Gasteiger charge is 2.09. The first-order valence-corrected chi connectivity index (χ1v) is 6.44. The molecule has 2 aromatic rings. The van der Waals surface area contributed by atoms with E-state index in [1.807, 2.05) is 13.0 Å². The normalized spacial score (nSPS) is 10.2. The Kier molecular flexibility index (Phi) is 4.15. The first-order valence-electron chi connectivity index (χ1n) is 6.07. The van der Waals surface area contributed by atoms with Crippen molar-refractivity contribution in [2.75, 3.05) is 12.8 Å². The number of carbonyl (C=O) groups excluding carboxylic acids is 1. The Hall–Kier alpha value is -2.20. The molecule has 0 unspecified atom stereocenters. The number of nitrogens with two attached hydrogens (primary N) is 1. The minimum Gasteiger partial charge on any atom is -0.455 e. The molecule has 5 heteroatoms. The predicted molar refractivity (Wildman–Crippen MR) is 80.5 cm³/mol. The first-order chi connectivity index (χ1) is 9.51. The Labute approximate surface area is 122 Å². The molecule has 0 aliphatic heterocycles. The number of carbonyl (C=O) groups is 1. The highest BCUT2D eigenvalue weighted by Crippen LogP contribution is 2.31. The quantitative estimate of drug-likeness (QED) is 0.852. The summed E-state index contributed by atoms with van der Waals surface area (Å²) in [4.78, 5) is 11.5. The summed E-state index contributed by atoms with van der Waals surface area (Å²) < 4.78 is 5.75. The smallest absolute Gasteiger partial charge is 0.251 e. The summed E-state index contributed by atoms with van der Waals surface area (Å²) in [6, 6.07) is 10.3. The van der Waals surface area contributed by atoms with Crippen LogP contribution < -0.4 is 15.8 Å². The van der Waals surface area contributed by atoms with Gasteiger partial charge in [-0.15, -0.1) is 0 Å². The fraction of sp³-hybridized carbons (Fsp3) is 0.133. The van der Waals surface area contributed by atoms with E-state index in [4.69, 9.17) is 22.1 Å². The van der Waals surface area contributed by atoms with Crippen LogP contribution in [-0.4, -0.2) is 13.0 Å². The van der Waals surface area contributed by atoms with Gasteiger partial charge in [-0.05, 0) is 48.9 Å². The van der Waals surface area contributed by atoms with E-state index in [9.17, 15) is 4.79 Å². The average molecular weight is 291 g/mol.